The molecule has 3 aliphatic heterocycles. The summed E-state index contributed by atoms with van der Waals surface area (Å²) in [6, 6.07) is 6.73. The van der Waals surface area contributed by atoms with Crippen LogP contribution in [-0.2, 0) is 17.7 Å². The highest BCUT2D eigenvalue weighted by Gasteiger charge is 2.45. The fraction of sp³-hybridized carbons (Fsp3) is 0.682. The number of nitrogens with one attached hydrogen (secondary N) is 1. The molecule has 1 amide bonds. The third-order valence-electron chi connectivity index (χ3n) is 6.15. The molecule has 5 nitrogen and oxygen atoms in total. The first-order chi connectivity index (χ1) is 12.8. The number of para-hydroxylation sites is 1. The van der Waals surface area contributed by atoms with Gasteiger partial charge >= 0.3 is 6.09 Å². The van der Waals surface area contributed by atoms with Crippen LogP contribution in [0.15, 0.2) is 18.2 Å². The largest absolute Gasteiger partial charge is 0.444 e. The van der Waals surface area contributed by atoms with Gasteiger partial charge in [-0.25, -0.2) is 4.79 Å². The van der Waals surface area contributed by atoms with Crippen molar-refractivity contribution in [1.82, 2.24) is 9.80 Å². The highest BCUT2D eigenvalue weighted by atomic mass is 16.6. The van der Waals surface area contributed by atoms with Crippen LogP contribution in [0.3, 0.4) is 0 Å². The zero-order chi connectivity index (χ0) is 19.1. The van der Waals surface area contributed by atoms with E-state index < -0.39 is 5.60 Å². The van der Waals surface area contributed by atoms with Crippen molar-refractivity contribution in [2.24, 2.45) is 5.41 Å². The summed E-state index contributed by atoms with van der Waals surface area (Å²) in [5, 5.41) is 3.61. The van der Waals surface area contributed by atoms with Crippen molar-refractivity contribution in [2.75, 3.05) is 38.0 Å². The number of likely N-dealkylation sites (tertiary alicyclic amines) is 2. The number of ether oxygens (including phenoxy) is 1. The third-order valence-corrected chi connectivity index (χ3v) is 6.15. The van der Waals surface area contributed by atoms with Crippen molar-refractivity contribution >= 4 is 11.8 Å². The van der Waals surface area contributed by atoms with Crippen LogP contribution in [0, 0.1) is 5.41 Å². The summed E-state index contributed by atoms with van der Waals surface area (Å²) >= 11 is 0. The highest BCUT2D eigenvalue weighted by molar-refractivity contribution is 5.68. The van der Waals surface area contributed by atoms with E-state index in [4.69, 9.17) is 4.74 Å². The quantitative estimate of drug-likeness (QED) is 0.857. The number of piperidine rings is 1. The molecule has 0 radical (unpaired) electrons. The maximum Gasteiger partial charge on any atom is 0.410 e. The molecule has 0 aliphatic carbocycles. The van der Waals surface area contributed by atoms with E-state index in [1.165, 1.54) is 29.7 Å². The predicted octanol–water partition coefficient (Wildman–Crippen LogP) is 3.88. The minimum atomic E-state index is -0.414. The number of carbonyl (C=O) groups is 1. The van der Waals surface area contributed by atoms with E-state index in [0.717, 1.165) is 52.1 Å². The molecular weight excluding hydrogens is 338 g/mol. The summed E-state index contributed by atoms with van der Waals surface area (Å²) in [5.41, 5.74) is 4.28. The van der Waals surface area contributed by atoms with Crippen molar-refractivity contribution in [2.45, 2.75) is 58.6 Å². The lowest BCUT2D eigenvalue weighted by molar-refractivity contribution is -0.0550. The van der Waals surface area contributed by atoms with E-state index in [0.29, 0.717) is 5.41 Å². The number of nitrogens with zero attached hydrogens (tertiary/aromatic N) is 2. The number of benzene rings is 1. The Morgan fingerprint density at radius 2 is 1.96 bits per heavy atom. The number of hydrogen-bond acceptors (Lipinski definition) is 4. The summed E-state index contributed by atoms with van der Waals surface area (Å²) in [6.07, 6.45) is 4.45. The lowest BCUT2D eigenvalue weighted by Crippen LogP contribution is -2.60. The average molecular weight is 372 g/mol. The lowest BCUT2D eigenvalue weighted by Gasteiger charge is -2.54. The van der Waals surface area contributed by atoms with Gasteiger partial charge in [0.25, 0.3) is 0 Å². The van der Waals surface area contributed by atoms with Gasteiger partial charge < -0.3 is 15.0 Å². The smallest absolute Gasteiger partial charge is 0.410 e. The molecule has 4 rings (SSSR count). The maximum atomic E-state index is 12.3. The number of aryl methyl sites for hydroxylation is 1. The summed E-state index contributed by atoms with van der Waals surface area (Å²) in [5.74, 6) is 0. The zero-order valence-electron chi connectivity index (χ0n) is 17.0. The molecule has 27 heavy (non-hydrogen) atoms. The summed E-state index contributed by atoms with van der Waals surface area (Å²) < 4.78 is 5.52. The summed E-state index contributed by atoms with van der Waals surface area (Å²) in [4.78, 5) is 16.7. The average Bonchev–Trinajstić information content (AvgIpc) is 2.60. The molecule has 5 heteroatoms. The Morgan fingerprint density at radius 1 is 1.22 bits per heavy atom. The monoisotopic (exact) mass is 371 g/mol. The first-order valence-electron chi connectivity index (χ1n) is 10.4. The Morgan fingerprint density at radius 3 is 2.67 bits per heavy atom. The Kier molecular flexibility index (Phi) is 4.83. The molecule has 2 saturated heterocycles. The molecule has 0 aromatic heterocycles. The van der Waals surface area contributed by atoms with Gasteiger partial charge in [0.1, 0.15) is 5.60 Å². The number of hydrogen-bond donors (Lipinski definition) is 1. The molecule has 1 aromatic rings. The van der Waals surface area contributed by atoms with Crippen LogP contribution in [0.4, 0.5) is 10.5 Å². The van der Waals surface area contributed by atoms with Crippen LogP contribution in [0.1, 0.15) is 51.2 Å². The van der Waals surface area contributed by atoms with E-state index in [2.05, 4.69) is 28.4 Å². The maximum absolute atomic E-state index is 12.3. The van der Waals surface area contributed by atoms with Gasteiger partial charge in [0.15, 0.2) is 0 Å². The molecule has 0 atom stereocenters. The molecule has 1 N–H and O–H groups in total. The molecule has 0 bridgehead atoms. The van der Waals surface area contributed by atoms with Crippen LogP contribution >= 0.6 is 0 Å². The molecule has 1 spiro atoms. The topological polar surface area (TPSA) is 44.8 Å². The second-order valence-electron chi connectivity index (χ2n) is 9.59. The van der Waals surface area contributed by atoms with Crippen molar-refractivity contribution in [3.8, 4) is 0 Å². The molecule has 1 aromatic carbocycles. The Balaban J connectivity index is 1.29. The second-order valence-corrected chi connectivity index (χ2v) is 9.59. The van der Waals surface area contributed by atoms with Gasteiger partial charge in [-0.15, -0.1) is 0 Å². The first-order valence-corrected chi connectivity index (χ1v) is 10.4. The van der Waals surface area contributed by atoms with Crippen LogP contribution in [0.5, 0.6) is 0 Å². The minimum absolute atomic E-state index is 0.157. The number of carbonyl (C=O) groups excluding carboxylic acids is 1. The lowest BCUT2D eigenvalue weighted by atomic mass is 9.72. The van der Waals surface area contributed by atoms with Crippen LogP contribution in [0.2, 0.25) is 0 Å². The number of fused-ring (bicyclic) bond motifs is 1. The molecule has 3 heterocycles. The Hall–Kier alpha value is -1.75. The van der Waals surface area contributed by atoms with E-state index in [9.17, 15) is 4.79 Å². The predicted molar refractivity (Wildman–Crippen MR) is 108 cm³/mol. The van der Waals surface area contributed by atoms with Crippen LogP contribution in [-0.4, -0.2) is 54.2 Å². The van der Waals surface area contributed by atoms with Gasteiger partial charge in [0.2, 0.25) is 0 Å². The van der Waals surface area contributed by atoms with Gasteiger partial charge in [-0.05, 0) is 63.0 Å². The van der Waals surface area contributed by atoms with Gasteiger partial charge in [-0.1, -0.05) is 18.2 Å². The van der Waals surface area contributed by atoms with Gasteiger partial charge in [-0.3, -0.25) is 4.90 Å². The van der Waals surface area contributed by atoms with E-state index >= 15 is 0 Å². The van der Waals surface area contributed by atoms with E-state index in [1.54, 1.807) is 0 Å². The fourth-order valence-corrected chi connectivity index (χ4v) is 4.77. The minimum Gasteiger partial charge on any atom is -0.444 e. The summed E-state index contributed by atoms with van der Waals surface area (Å²) in [6.45, 7) is 11.9. The van der Waals surface area contributed by atoms with Gasteiger partial charge in [0, 0.05) is 45.0 Å². The van der Waals surface area contributed by atoms with Gasteiger partial charge in [0.05, 0.1) is 0 Å². The molecular formula is C22H33N3O2. The SMILES string of the molecule is CC(C)(C)OC(=O)N1CCC2(CC1)CN(Cc1cccc3c1NCCC3)C2. The third kappa shape index (κ3) is 4.08. The standard InChI is InChI=1S/C22H33N3O2/c1-21(2,3)27-20(26)25-12-9-22(10-13-25)15-24(16-22)14-18-7-4-6-17-8-5-11-23-19(17)18/h4,6-7,23H,5,8-16H2,1-3H3. The molecule has 2 fully saturated rings. The molecule has 0 unspecified atom stereocenters. The van der Waals surface area contributed by atoms with Crippen LogP contribution in [0.25, 0.3) is 0 Å². The Labute approximate surface area is 163 Å². The first kappa shape index (κ1) is 18.6. The van der Waals surface area contributed by atoms with Crippen LogP contribution < -0.4 is 5.32 Å². The molecule has 3 aliphatic rings. The molecule has 148 valence electrons. The van der Waals surface area contributed by atoms with E-state index in [-0.39, 0.29) is 6.09 Å². The number of amides is 1. The van der Waals surface area contributed by atoms with Crippen molar-refractivity contribution < 1.29 is 9.53 Å². The highest BCUT2D eigenvalue weighted by Crippen LogP contribution is 2.42. The molecule has 0 saturated carbocycles. The number of rotatable bonds is 2. The van der Waals surface area contributed by atoms with Crippen molar-refractivity contribution in [3.63, 3.8) is 0 Å². The Bertz CT molecular complexity index is 694. The number of anilines is 1. The summed E-state index contributed by atoms with van der Waals surface area (Å²) in [7, 11) is 0. The second kappa shape index (κ2) is 7.01. The fourth-order valence-electron chi connectivity index (χ4n) is 4.77. The van der Waals surface area contributed by atoms with E-state index in [1.807, 2.05) is 25.7 Å². The van der Waals surface area contributed by atoms with Crippen molar-refractivity contribution in [1.29, 1.82) is 0 Å². The normalized spacial score (nSPS) is 22.0. The van der Waals surface area contributed by atoms with Gasteiger partial charge in [-0.2, -0.15) is 0 Å². The van der Waals surface area contributed by atoms with Crippen molar-refractivity contribution in [3.05, 3.63) is 29.3 Å². The zero-order valence-corrected chi connectivity index (χ0v) is 17.0.